The number of nitrogens with zero attached hydrogens (tertiary/aromatic N) is 2. The minimum absolute atomic E-state index is 0.0810. The van der Waals surface area contributed by atoms with Crippen molar-refractivity contribution in [2.75, 3.05) is 6.54 Å². The number of thiophene rings is 1. The van der Waals surface area contributed by atoms with Gasteiger partial charge in [-0.15, -0.1) is 11.3 Å². The van der Waals surface area contributed by atoms with E-state index in [1.54, 1.807) is 17.5 Å². The highest BCUT2D eigenvalue weighted by Gasteiger charge is 2.20. The van der Waals surface area contributed by atoms with Gasteiger partial charge in [-0.05, 0) is 18.0 Å². The zero-order valence-electron chi connectivity index (χ0n) is 9.27. The summed E-state index contributed by atoms with van der Waals surface area (Å²) >= 11 is 7.83. The molecule has 0 spiro atoms. The lowest BCUT2D eigenvalue weighted by Gasteiger charge is -2.16. The maximum absolute atomic E-state index is 6.17. The predicted molar refractivity (Wildman–Crippen MR) is 68.1 cm³/mol. The second kappa shape index (κ2) is 4.99. The van der Waals surface area contributed by atoms with Crippen molar-refractivity contribution in [3.63, 3.8) is 0 Å². The molecule has 0 saturated heterocycles. The zero-order valence-corrected chi connectivity index (χ0v) is 10.8. The average molecular weight is 256 g/mol. The molecule has 1 atom stereocenters. The van der Waals surface area contributed by atoms with Crippen LogP contribution in [0.4, 0.5) is 0 Å². The van der Waals surface area contributed by atoms with Gasteiger partial charge in [-0.3, -0.25) is 0 Å². The SMILES string of the molecule is CCNC(c1sccc1Cl)c1nccn1C. The topological polar surface area (TPSA) is 29.9 Å². The van der Waals surface area contributed by atoms with Crippen molar-refractivity contribution in [2.24, 2.45) is 7.05 Å². The first kappa shape index (κ1) is 11.6. The molecule has 0 aliphatic carbocycles. The predicted octanol–water partition coefficient (Wildman–Crippen LogP) is 2.83. The summed E-state index contributed by atoms with van der Waals surface area (Å²) < 4.78 is 2.02. The fourth-order valence-electron chi connectivity index (χ4n) is 1.67. The standard InChI is InChI=1S/C11H14ClN3S/c1-3-13-9(10-8(12)4-7-16-10)11-14-5-6-15(11)2/h4-7,9,13H,3H2,1-2H3. The van der Waals surface area contributed by atoms with Crippen molar-refractivity contribution < 1.29 is 0 Å². The Hall–Kier alpha value is -0.840. The van der Waals surface area contributed by atoms with Crippen LogP contribution in [0.5, 0.6) is 0 Å². The molecule has 0 bridgehead atoms. The number of hydrogen-bond donors (Lipinski definition) is 1. The van der Waals surface area contributed by atoms with Gasteiger partial charge in [-0.25, -0.2) is 4.98 Å². The Labute approximate surface area is 104 Å². The molecule has 16 heavy (non-hydrogen) atoms. The van der Waals surface area contributed by atoms with Crippen molar-refractivity contribution in [2.45, 2.75) is 13.0 Å². The molecule has 2 aromatic rings. The van der Waals surface area contributed by atoms with Crippen LogP contribution in [0, 0.1) is 0 Å². The molecule has 0 aliphatic heterocycles. The van der Waals surface area contributed by atoms with Crippen LogP contribution in [-0.4, -0.2) is 16.1 Å². The van der Waals surface area contributed by atoms with E-state index >= 15 is 0 Å². The minimum atomic E-state index is 0.0810. The van der Waals surface area contributed by atoms with Gasteiger partial charge in [0.05, 0.1) is 5.02 Å². The summed E-state index contributed by atoms with van der Waals surface area (Å²) in [7, 11) is 1.99. The fourth-order valence-corrected chi connectivity index (χ4v) is 2.91. The summed E-state index contributed by atoms with van der Waals surface area (Å²) in [6.07, 6.45) is 3.75. The Kier molecular flexibility index (Phi) is 3.63. The smallest absolute Gasteiger partial charge is 0.131 e. The normalized spacial score (nSPS) is 12.9. The van der Waals surface area contributed by atoms with Crippen LogP contribution in [0.1, 0.15) is 23.7 Å². The van der Waals surface area contributed by atoms with Crippen molar-refractivity contribution in [1.29, 1.82) is 0 Å². The second-order valence-corrected chi connectivity index (χ2v) is 4.87. The highest BCUT2D eigenvalue weighted by molar-refractivity contribution is 7.10. The van der Waals surface area contributed by atoms with Crippen LogP contribution in [0.15, 0.2) is 23.8 Å². The van der Waals surface area contributed by atoms with Crippen LogP contribution in [0.3, 0.4) is 0 Å². The summed E-state index contributed by atoms with van der Waals surface area (Å²) in [6, 6.07) is 2.01. The third-order valence-electron chi connectivity index (χ3n) is 2.43. The van der Waals surface area contributed by atoms with Gasteiger partial charge in [0.2, 0.25) is 0 Å². The van der Waals surface area contributed by atoms with Crippen LogP contribution < -0.4 is 5.32 Å². The summed E-state index contributed by atoms with van der Waals surface area (Å²) in [5.41, 5.74) is 0. The van der Waals surface area contributed by atoms with E-state index in [1.807, 2.05) is 29.3 Å². The Morgan fingerprint density at radius 1 is 1.62 bits per heavy atom. The van der Waals surface area contributed by atoms with E-state index < -0.39 is 0 Å². The van der Waals surface area contributed by atoms with Crippen LogP contribution in [0.25, 0.3) is 0 Å². The number of aromatic nitrogens is 2. The van der Waals surface area contributed by atoms with Crippen molar-refractivity contribution >= 4 is 22.9 Å². The molecule has 1 N–H and O–H groups in total. The highest BCUT2D eigenvalue weighted by atomic mass is 35.5. The molecule has 0 radical (unpaired) electrons. The van der Waals surface area contributed by atoms with Gasteiger partial charge in [0, 0.05) is 24.3 Å². The molecule has 2 aromatic heterocycles. The largest absolute Gasteiger partial charge is 0.336 e. The van der Waals surface area contributed by atoms with E-state index in [1.165, 1.54) is 0 Å². The maximum atomic E-state index is 6.17. The molecular weight excluding hydrogens is 242 g/mol. The van der Waals surface area contributed by atoms with Gasteiger partial charge in [0.1, 0.15) is 11.9 Å². The number of halogens is 1. The lowest BCUT2D eigenvalue weighted by atomic mass is 10.2. The Morgan fingerprint density at radius 3 is 2.94 bits per heavy atom. The lowest BCUT2D eigenvalue weighted by Crippen LogP contribution is -2.24. The second-order valence-electron chi connectivity index (χ2n) is 3.52. The van der Waals surface area contributed by atoms with E-state index in [0.717, 1.165) is 22.3 Å². The van der Waals surface area contributed by atoms with E-state index in [-0.39, 0.29) is 6.04 Å². The monoisotopic (exact) mass is 255 g/mol. The Morgan fingerprint density at radius 2 is 2.44 bits per heavy atom. The van der Waals surface area contributed by atoms with Gasteiger partial charge in [0.25, 0.3) is 0 Å². The molecule has 0 aromatic carbocycles. The molecule has 2 rings (SSSR count). The van der Waals surface area contributed by atoms with Crippen LogP contribution in [-0.2, 0) is 7.05 Å². The Bertz CT molecular complexity index is 423. The van der Waals surface area contributed by atoms with Crippen molar-refractivity contribution in [3.8, 4) is 0 Å². The number of nitrogens with one attached hydrogen (secondary N) is 1. The van der Waals surface area contributed by atoms with Crippen molar-refractivity contribution in [3.05, 3.63) is 39.6 Å². The first-order valence-corrected chi connectivity index (χ1v) is 6.43. The number of hydrogen-bond acceptors (Lipinski definition) is 3. The van der Waals surface area contributed by atoms with Gasteiger partial charge >= 0.3 is 0 Å². The van der Waals surface area contributed by atoms with Gasteiger partial charge in [-0.1, -0.05) is 18.5 Å². The number of aryl methyl sites for hydroxylation is 1. The molecular formula is C11H14ClN3S. The average Bonchev–Trinajstić information content (AvgIpc) is 2.84. The van der Waals surface area contributed by atoms with Crippen molar-refractivity contribution in [1.82, 2.24) is 14.9 Å². The van der Waals surface area contributed by atoms with Gasteiger partial charge in [0.15, 0.2) is 0 Å². The Balaban J connectivity index is 2.39. The first-order valence-electron chi connectivity index (χ1n) is 5.17. The van der Waals surface area contributed by atoms with Gasteiger partial charge in [-0.2, -0.15) is 0 Å². The van der Waals surface area contributed by atoms with E-state index in [0.29, 0.717) is 0 Å². The number of rotatable bonds is 4. The third-order valence-corrected chi connectivity index (χ3v) is 3.86. The quantitative estimate of drug-likeness (QED) is 0.911. The summed E-state index contributed by atoms with van der Waals surface area (Å²) in [5, 5.41) is 6.22. The molecule has 2 heterocycles. The van der Waals surface area contributed by atoms with E-state index in [2.05, 4.69) is 17.2 Å². The molecule has 86 valence electrons. The fraction of sp³-hybridized carbons (Fsp3) is 0.364. The minimum Gasteiger partial charge on any atom is -0.336 e. The molecule has 0 saturated carbocycles. The summed E-state index contributed by atoms with van der Waals surface area (Å²) in [4.78, 5) is 5.50. The molecule has 0 amide bonds. The van der Waals surface area contributed by atoms with E-state index in [4.69, 9.17) is 11.6 Å². The molecule has 1 unspecified atom stereocenters. The van der Waals surface area contributed by atoms with E-state index in [9.17, 15) is 0 Å². The van der Waals surface area contributed by atoms with Gasteiger partial charge < -0.3 is 9.88 Å². The molecule has 0 aliphatic rings. The molecule has 0 fully saturated rings. The van der Waals surface area contributed by atoms with Crippen LogP contribution >= 0.6 is 22.9 Å². The summed E-state index contributed by atoms with van der Waals surface area (Å²) in [5.74, 6) is 0.992. The molecule has 5 heteroatoms. The van der Waals surface area contributed by atoms with Crippen LogP contribution in [0.2, 0.25) is 5.02 Å². The third kappa shape index (κ3) is 2.14. The summed E-state index contributed by atoms with van der Waals surface area (Å²) in [6.45, 7) is 2.96. The lowest BCUT2D eigenvalue weighted by molar-refractivity contribution is 0.585. The molecule has 3 nitrogen and oxygen atoms in total. The first-order chi connectivity index (χ1) is 7.74. The number of imidazole rings is 1. The highest BCUT2D eigenvalue weighted by Crippen LogP contribution is 2.31. The maximum Gasteiger partial charge on any atom is 0.131 e. The zero-order chi connectivity index (χ0) is 11.5.